The summed E-state index contributed by atoms with van der Waals surface area (Å²) in [7, 11) is 0. The van der Waals surface area contributed by atoms with Crippen LogP contribution >= 0.6 is 15.9 Å². The van der Waals surface area contributed by atoms with Crippen LogP contribution in [0.3, 0.4) is 0 Å². The Morgan fingerprint density at radius 1 is 1.29 bits per heavy atom. The number of aromatic nitrogens is 3. The molecule has 0 saturated carbocycles. The summed E-state index contributed by atoms with van der Waals surface area (Å²) >= 11 is 3.59. The van der Waals surface area contributed by atoms with Gasteiger partial charge >= 0.3 is 0 Å². The lowest BCUT2D eigenvalue weighted by Gasteiger charge is -2.17. The summed E-state index contributed by atoms with van der Waals surface area (Å²) in [5.74, 6) is 1.47. The Kier molecular flexibility index (Phi) is 5.13. The Morgan fingerprint density at radius 2 is 2.07 bits per heavy atom. The molecule has 2 heterocycles. The Balaban J connectivity index is 1.89. The van der Waals surface area contributed by atoms with Gasteiger partial charge in [-0.25, -0.2) is 9.97 Å². The molecule has 0 amide bonds. The van der Waals surface area contributed by atoms with Crippen molar-refractivity contribution in [1.29, 1.82) is 0 Å². The van der Waals surface area contributed by atoms with Gasteiger partial charge in [0.25, 0.3) is 0 Å². The first kappa shape index (κ1) is 19.3. The van der Waals surface area contributed by atoms with Gasteiger partial charge < -0.3 is 4.57 Å². The third-order valence-electron chi connectivity index (χ3n) is 5.57. The summed E-state index contributed by atoms with van der Waals surface area (Å²) in [6.07, 6.45) is 3.45. The van der Waals surface area contributed by atoms with E-state index in [1.807, 2.05) is 13.0 Å². The van der Waals surface area contributed by atoms with E-state index < -0.39 is 0 Å². The third-order valence-corrected chi connectivity index (χ3v) is 6.06. The molecule has 3 aromatic rings. The van der Waals surface area contributed by atoms with Crippen molar-refractivity contribution >= 4 is 32.9 Å². The van der Waals surface area contributed by atoms with Gasteiger partial charge in [-0.3, -0.25) is 4.79 Å². The van der Waals surface area contributed by atoms with E-state index in [2.05, 4.69) is 59.5 Å². The number of hydrogen-bond donors (Lipinski definition) is 0. The number of pyridine rings is 1. The minimum absolute atomic E-state index is 0.113. The number of benzene rings is 1. The number of rotatable bonds is 5. The first-order valence-corrected chi connectivity index (χ1v) is 10.9. The van der Waals surface area contributed by atoms with Crippen LogP contribution in [0.25, 0.3) is 11.2 Å². The molecule has 28 heavy (non-hydrogen) atoms. The second kappa shape index (κ2) is 7.43. The molecule has 0 N–H and O–H groups in total. The fourth-order valence-electron chi connectivity index (χ4n) is 4.29. The minimum atomic E-state index is 0.113. The highest BCUT2D eigenvalue weighted by molar-refractivity contribution is 9.10. The second-order valence-electron chi connectivity index (χ2n) is 8.17. The molecule has 0 saturated heterocycles. The maximum Gasteiger partial charge on any atom is 0.181 e. The lowest BCUT2D eigenvalue weighted by atomic mass is 10.0. The smallest absolute Gasteiger partial charge is 0.181 e. The zero-order valence-corrected chi connectivity index (χ0v) is 18.5. The van der Waals surface area contributed by atoms with Gasteiger partial charge in [0.15, 0.2) is 11.4 Å². The van der Waals surface area contributed by atoms with Gasteiger partial charge in [-0.2, -0.15) is 0 Å². The molecule has 0 bridgehead atoms. The van der Waals surface area contributed by atoms with E-state index in [9.17, 15) is 4.79 Å². The SMILES string of the molecule is CCc1nc2c(C)cc(C(=O)CC(C)C)nc2n1C1CCc2cc(Br)ccc21. The molecule has 5 heteroatoms. The van der Waals surface area contributed by atoms with Crippen molar-refractivity contribution in [3.05, 3.63) is 56.9 Å². The Labute approximate surface area is 174 Å². The fourth-order valence-corrected chi connectivity index (χ4v) is 4.70. The number of Topliss-reactive ketones (excluding diaryl/α,β-unsaturated/α-hetero) is 1. The van der Waals surface area contributed by atoms with Crippen molar-refractivity contribution in [2.45, 2.75) is 59.4 Å². The van der Waals surface area contributed by atoms with Gasteiger partial charge in [-0.1, -0.05) is 42.8 Å². The number of hydrogen-bond acceptors (Lipinski definition) is 3. The van der Waals surface area contributed by atoms with Crippen LogP contribution in [0.1, 0.15) is 72.7 Å². The van der Waals surface area contributed by atoms with Gasteiger partial charge in [0, 0.05) is 17.3 Å². The summed E-state index contributed by atoms with van der Waals surface area (Å²) in [4.78, 5) is 22.4. The van der Waals surface area contributed by atoms with Crippen LogP contribution in [0, 0.1) is 12.8 Å². The topological polar surface area (TPSA) is 47.8 Å². The summed E-state index contributed by atoms with van der Waals surface area (Å²) in [6, 6.07) is 8.67. The van der Waals surface area contributed by atoms with E-state index in [-0.39, 0.29) is 11.8 Å². The van der Waals surface area contributed by atoms with Gasteiger partial charge in [0.1, 0.15) is 17.0 Å². The Bertz CT molecular complexity index is 1070. The van der Waals surface area contributed by atoms with Crippen LogP contribution < -0.4 is 0 Å². The highest BCUT2D eigenvalue weighted by atomic mass is 79.9. The van der Waals surface area contributed by atoms with E-state index in [4.69, 9.17) is 9.97 Å². The number of ketones is 1. The number of imidazole rings is 1. The monoisotopic (exact) mass is 439 g/mol. The molecular weight excluding hydrogens is 414 g/mol. The summed E-state index contributed by atoms with van der Waals surface area (Å²) in [5.41, 5.74) is 6.09. The summed E-state index contributed by atoms with van der Waals surface area (Å²) in [6.45, 7) is 8.30. The van der Waals surface area contributed by atoms with Crippen molar-refractivity contribution in [1.82, 2.24) is 14.5 Å². The normalized spacial score (nSPS) is 16.1. The van der Waals surface area contributed by atoms with E-state index in [0.29, 0.717) is 18.0 Å². The zero-order valence-electron chi connectivity index (χ0n) is 16.9. The van der Waals surface area contributed by atoms with Gasteiger partial charge in [0.05, 0.1) is 6.04 Å². The van der Waals surface area contributed by atoms with Gasteiger partial charge in [0.2, 0.25) is 0 Å². The molecule has 0 radical (unpaired) electrons. The highest BCUT2D eigenvalue weighted by Crippen LogP contribution is 2.38. The van der Waals surface area contributed by atoms with Crippen molar-refractivity contribution < 1.29 is 4.79 Å². The Hall–Kier alpha value is -2.01. The lowest BCUT2D eigenvalue weighted by molar-refractivity contribution is 0.0963. The standard InChI is InChI=1S/C23H26BrN3O/c1-5-21-26-22-14(4)11-18(20(28)10-13(2)3)25-23(22)27(21)19-9-6-15-12-16(24)7-8-17(15)19/h7-8,11-13,19H,5-6,9-10H2,1-4H3. The highest BCUT2D eigenvalue weighted by Gasteiger charge is 2.29. The van der Waals surface area contributed by atoms with E-state index >= 15 is 0 Å². The molecule has 1 unspecified atom stereocenters. The van der Waals surface area contributed by atoms with Crippen LogP contribution in [0.4, 0.5) is 0 Å². The number of carbonyl (C=O) groups excluding carboxylic acids is 1. The van der Waals surface area contributed by atoms with Crippen LogP contribution in [-0.2, 0) is 12.8 Å². The number of carbonyl (C=O) groups is 1. The third kappa shape index (κ3) is 3.30. The molecule has 4 rings (SSSR count). The quantitative estimate of drug-likeness (QED) is 0.469. The fraction of sp³-hybridized carbons (Fsp3) is 0.435. The number of nitrogens with zero attached hydrogens (tertiary/aromatic N) is 3. The molecule has 146 valence electrons. The second-order valence-corrected chi connectivity index (χ2v) is 9.08. The summed E-state index contributed by atoms with van der Waals surface area (Å²) < 4.78 is 3.41. The van der Waals surface area contributed by atoms with Gasteiger partial charge in [-0.05, 0) is 60.6 Å². The molecule has 2 aromatic heterocycles. The molecule has 0 fully saturated rings. The van der Waals surface area contributed by atoms with E-state index in [1.165, 1.54) is 11.1 Å². The average Bonchev–Trinajstić information content (AvgIpc) is 3.21. The van der Waals surface area contributed by atoms with Crippen molar-refractivity contribution in [3.8, 4) is 0 Å². The predicted molar refractivity (Wildman–Crippen MR) is 116 cm³/mol. The molecule has 1 atom stereocenters. The molecule has 4 nitrogen and oxygen atoms in total. The lowest BCUT2D eigenvalue weighted by Crippen LogP contribution is -2.13. The predicted octanol–water partition coefficient (Wildman–Crippen LogP) is 5.83. The largest absolute Gasteiger partial charge is 0.305 e. The maximum atomic E-state index is 12.7. The molecule has 0 spiro atoms. The molecule has 1 aliphatic carbocycles. The molecule has 1 aliphatic rings. The zero-order chi connectivity index (χ0) is 20.0. The van der Waals surface area contributed by atoms with E-state index in [1.54, 1.807) is 0 Å². The maximum absolute atomic E-state index is 12.7. The van der Waals surface area contributed by atoms with Crippen LogP contribution in [0.15, 0.2) is 28.7 Å². The van der Waals surface area contributed by atoms with Crippen LogP contribution in [0.5, 0.6) is 0 Å². The van der Waals surface area contributed by atoms with Gasteiger partial charge in [-0.15, -0.1) is 0 Å². The number of aryl methyl sites for hydroxylation is 3. The Morgan fingerprint density at radius 3 is 2.79 bits per heavy atom. The molecule has 1 aromatic carbocycles. The van der Waals surface area contributed by atoms with Crippen LogP contribution in [0.2, 0.25) is 0 Å². The molecular formula is C23H26BrN3O. The van der Waals surface area contributed by atoms with E-state index in [0.717, 1.165) is 46.3 Å². The number of halogens is 1. The number of fused-ring (bicyclic) bond motifs is 2. The minimum Gasteiger partial charge on any atom is -0.305 e. The summed E-state index contributed by atoms with van der Waals surface area (Å²) in [5, 5.41) is 0. The first-order valence-electron chi connectivity index (χ1n) is 10.1. The average molecular weight is 440 g/mol. The molecule has 0 aliphatic heterocycles. The van der Waals surface area contributed by atoms with Crippen LogP contribution in [-0.4, -0.2) is 20.3 Å². The van der Waals surface area contributed by atoms with Crippen molar-refractivity contribution in [2.24, 2.45) is 5.92 Å². The first-order chi connectivity index (χ1) is 13.4. The van der Waals surface area contributed by atoms with Crippen molar-refractivity contribution in [2.75, 3.05) is 0 Å². The van der Waals surface area contributed by atoms with Crippen molar-refractivity contribution in [3.63, 3.8) is 0 Å².